The molecule has 0 saturated heterocycles. The molecule has 0 unspecified atom stereocenters. The molecule has 2 aromatic rings. The van der Waals surface area contributed by atoms with Crippen LogP contribution in [0.3, 0.4) is 0 Å². The maximum absolute atomic E-state index is 12.0. The first-order valence-electron chi connectivity index (χ1n) is 5.09. The molecule has 0 spiro atoms. The van der Waals surface area contributed by atoms with Crippen molar-refractivity contribution >= 4 is 49.1 Å². The smallest absolute Gasteiger partial charge is 0.259 e. The molecule has 0 aliphatic rings. The highest BCUT2D eigenvalue weighted by Gasteiger charge is 2.15. The Hall–Kier alpha value is -1.27. The van der Waals surface area contributed by atoms with Gasteiger partial charge in [0, 0.05) is 14.6 Å². The summed E-state index contributed by atoms with van der Waals surface area (Å²) in [6.07, 6.45) is 1.48. The lowest BCUT2D eigenvalue weighted by molar-refractivity contribution is 0.102. The van der Waals surface area contributed by atoms with Crippen molar-refractivity contribution in [3.63, 3.8) is 0 Å². The van der Waals surface area contributed by atoms with Gasteiger partial charge in [-0.25, -0.2) is 0 Å². The topological polar surface area (TPSA) is 68.3 Å². The number of amides is 1. The van der Waals surface area contributed by atoms with Gasteiger partial charge in [-0.15, -0.1) is 0 Å². The Morgan fingerprint density at radius 3 is 2.44 bits per heavy atom. The fourth-order valence-electron chi connectivity index (χ4n) is 1.51. The Labute approximate surface area is 121 Å². The molecule has 1 heterocycles. The second-order valence-corrected chi connectivity index (χ2v) is 5.41. The molecule has 0 fully saturated rings. The SMILES string of the molecule is Cc1occc1C(=O)Nc1c(Br)cc(N)cc1Br. The molecule has 0 bridgehead atoms. The summed E-state index contributed by atoms with van der Waals surface area (Å²) >= 11 is 6.72. The number of carbonyl (C=O) groups excluding carboxylic acids is 1. The second-order valence-electron chi connectivity index (χ2n) is 3.70. The van der Waals surface area contributed by atoms with Crippen LogP contribution < -0.4 is 11.1 Å². The number of rotatable bonds is 2. The van der Waals surface area contributed by atoms with Gasteiger partial charge in [0.2, 0.25) is 0 Å². The van der Waals surface area contributed by atoms with Gasteiger partial charge >= 0.3 is 0 Å². The maximum Gasteiger partial charge on any atom is 0.259 e. The van der Waals surface area contributed by atoms with E-state index in [0.29, 0.717) is 31.6 Å². The lowest BCUT2D eigenvalue weighted by atomic mass is 10.2. The zero-order valence-corrected chi connectivity index (χ0v) is 12.6. The third kappa shape index (κ3) is 2.59. The molecule has 1 amide bonds. The summed E-state index contributed by atoms with van der Waals surface area (Å²) in [5.74, 6) is 0.350. The quantitative estimate of drug-likeness (QED) is 0.783. The van der Waals surface area contributed by atoms with E-state index < -0.39 is 0 Å². The lowest BCUT2D eigenvalue weighted by Crippen LogP contribution is -2.13. The monoisotopic (exact) mass is 372 g/mol. The van der Waals surface area contributed by atoms with Gasteiger partial charge in [-0.2, -0.15) is 0 Å². The molecular formula is C12H10Br2N2O2. The fraction of sp³-hybridized carbons (Fsp3) is 0.0833. The number of anilines is 2. The highest BCUT2D eigenvalue weighted by molar-refractivity contribution is 9.11. The Kier molecular flexibility index (Phi) is 3.77. The molecule has 1 aromatic heterocycles. The summed E-state index contributed by atoms with van der Waals surface area (Å²) < 4.78 is 6.52. The summed E-state index contributed by atoms with van der Waals surface area (Å²) in [6.45, 7) is 1.74. The van der Waals surface area contributed by atoms with Gasteiger partial charge in [-0.05, 0) is 57.0 Å². The minimum Gasteiger partial charge on any atom is -0.469 e. The van der Waals surface area contributed by atoms with E-state index in [2.05, 4.69) is 37.2 Å². The van der Waals surface area contributed by atoms with Crippen LogP contribution in [0.1, 0.15) is 16.1 Å². The van der Waals surface area contributed by atoms with Crippen LogP contribution in [0.15, 0.2) is 37.8 Å². The summed E-state index contributed by atoms with van der Waals surface area (Å²) in [4.78, 5) is 12.0. The van der Waals surface area contributed by atoms with Gasteiger partial charge in [0.15, 0.2) is 0 Å². The number of benzene rings is 1. The first-order chi connectivity index (χ1) is 8.49. The van der Waals surface area contributed by atoms with E-state index in [9.17, 15) is 4.79 Å². The van der Waals surface area contributed by atoms with Crippen molar-refractivity contribution in [3.05, 3.63) is 44.7 Å². The first kappa shape index (κ1) is 13.2. The first-order valence-corrected chi connectivity index (χ1v) is 6.67. The molecule has 0 saturated carbocycles. The predicted octanol–water partition coefficient (Wildman–Crippen LogP) is 3.95. The normalized spacial score (nSPS) is 10.4. The van der Waals surface area contributed by atoms with Crippen LogP contribution >= 0.6 is 31.9 Å². The van der Waals surface area contributed by atoms with E-state index in [0.717, 1.165) is 0 Å². The average molecular weight is 374 g/mol. The molecule has 3 N–H and O–H groups in total. The van der Waals surface area contributed by atoms with Crippen molar-refractivity contribution in [1.29, 1.82) is 0 Å². The standard InChI is InChI=1S/C12H10Br2N2O2/c1-6-8(2-3-18-6)12(17)16-11-9(13)4-7(15)5-10(11)14/h2-5H,15H2,1H3,(H,16,17). The van der Waals surface area contributed by atoms with Crippen molar-refractivity contribution in [2.45, 2.75) is 6.92 Å². The van der Waals surface area contributed by atoms with Crippen molar-refractivity contribution in [2.75, 3.05) is 11.1 Å². The summed E-state index contributed by atoms with van der Waals surface area (Å²) in [5.41, 5.74) is 7.43. The zero-order valence-electron chi connectivity index (χ0n) is 9.46. The maximum atomic E-state index is 12.0. The van der Waals surface area contributed by atoms with Crippen molar-refractivity contribution < 1.29 is 9.21 Å². The Morgan fingerprint density at radius 1 is 1.33 bits per heavy atom. The van der Waals surface area contributed by atoms with Gasteiger partial charge < -0.3 is 15.5 Å². The van der Waals surface area contributed by atoms with E-state index in [1.54, 1.807) is 25.1 Å². The largest absolute Gasteiger partial charge is 0.469 e. The Balaban J connectivity index is 2.31. The molecule has 1 aromatic carbocycles. The summed E-state index contributed by atoms with van der Waals surface area (Å²) in [5, 5.41) is 2.80. The molecule has 18 heavy (non-hydrogen) atoms. The third-order valence-electron chi connectivity index (χ3n) is 2.41. The van der Waals surface area contributed by atoms with E-state index in [1.165, 1.54) is 6.26 Å². The van der Waals surface area contributed by atoms with Crippen molar-refractivity contribution in [1.82, 2.24) is 0 Å². The Morgan fingerprint density at radius 2 is 1.94 bits per heavy atom. The molecular weight excluding hydrogens is 364 g/mol. The van der Waals surface area contributed by atoms with E-state index in [4.69, 9.17) is 10.2 Å². The molecule has 0 aliphatic carbocycles. The van der Waals surface area contributed by atoms with Crippen LogP contribution in [0.2, 0.25) is 0 Å². The van der Waals surface area contributed by atoms with E-state index >= 15 is 0 Å². The van der Waals surface area contributed by atoms with Crippen LogP contribution in [0.25, 0.3) is 0 Å². The van der Waals surface area contributed by atoms with Crippen LogP contribution in [0.5, 0.6) is 0 Å². The molecule has 6 heteroatoms. The van der Waals surface area contributed by atoms with Crippen molar-refractivity contribution in [3.8, 4) is 0 Å². The molecule has 0 atom stereocenters. The highest BCUT2D eigenvalue weighted by atomic mass is 79.9. The third-order valence-corrected chi connectivity index (χ3v) is 3.66. The number of hydrogen-bond donors (Lipinski definition) is 2. The minimum absolute atomic E-state index is 0.229. The zero-order chi connectivity index (χ0) is 13.3. The number of furan rings is 1. The van der Waals surface area contributed by atoms with Crippen LogP contribution in [0.4, 0.5) is 11.4 Å². The fourth-order valence-corrected chi connectivity index (χ4v) is 2.93. The second kappa shape index (κ2) is 5.16. The molecule has 4 nitrogen and oxygen atoms in total. The molecule has 0 radical (unpaired) electrons. The lowest BCUT2D eigenvalue weighted by Gasteiger charge is -2.10. The van der Waals surface area contributed by atoms with Gasteiger partial charge in [-0.3, -0.25) is 4.79 Å². The summed E-state index contributed by atoms with van der Waals surface area (Å²) in [6, 6.07) is 5.08. The predicted molar refractivity (Wildman–Crippen MR) is 77.7 cm³/mol. The molecule has 2 rings (SSSR count). The number of hydrogen-bond acceptors (Lipinski definition) is 3. The molecule has 94 valence electrons. The number of halogens is 2. The number of nitrogens with two attached hydrogens (primary N) is 1. The Bertz CT molecular complexity index is 585. The number of aryl methyl sites for hydroxylation is 1. The van der Waals surface area contributed by atoms with Crippen LogP contribution in [-0.2, 0) is 0 Å². The van der Waals surface area contributed by atoms with Crippen molar-refractivity contribution in [2.24, 2.45) is 0 Å². The molecule has 0 aliphatic heterocycles. The minimum atomic E-state index is -0.229. The van der Waals surface area contributed by atoms with E-state index in [-0.39, 0.29) is 5.91 Å². The van der Waals surface area contributed by atoms with Gasteiger partial charge in [0.05, 0.1) is 17.5 Å². The highest BCUT2D eigenvalue weighted by Crippen LogP contribution is 2.33. The van der Waals surface area contributed by atoms with Crippen LogP contribution in [0, 0.1) is 6.92 Å². The average Bonchev–Trinajstić information content (AvgIpc) is 2.69. The summed E-state index contributed by atoms with van der Waals surface area (Å²) in [7, 11) is 0. The van der Waals surface area contributed by atoms with E-state index in [1.807, 2.05) is 0 Å². The van der Waals surface area contributed by atoms with Gasteiger partial charge in [0.25, 0.3) is 5.91 Å². The van der Waals surface area contributed by atoms with Crippen LogP contribution in [-0.4, -0.2) is 5.91 Å². The van der Waals surface area contributed by atoms with Gasteiger partial charge in [-0.1, -0.05) is 0 Å². The number of carbonyl (C=O) groups is 1. The number of nitrogens with one attached hydrogen (secondary N) is 1. The number of nitrogen functional groups attached to an aromatic ring is 1. The van der Waals surface area contributed by atoms with Gasteiger partial charge in [0.1, 0.15) is 5.76 Å².